The fourth-order valence-corrected chi connectivity index (χ4v) is 3.03. The van der Waals surface area contributed by atoms with Gasteiger partial charge in [-0.1, -0.05) is 29.8 Å². The molecule has 0 spiro atoms. The van der Waals surface area contributed by atoms with Crippen molar-refractivity contribution in [1.29, 1.82) is 0 Å². The number of nitrogens with zero attached hydrogens (tertiary/aromatic N) is 6. The third-order valence-electron chi connectivity index (χ3n) is 4.40. The molecular weight excluding hydrogens is 457 g/mol. The van der Waals surface area contributed by atoms with Gasteiger partial charge < -0.3 is 4.74 Å². The molecule has 4 rings (SSSR count). The van der Waals surface area contributed by atoms with Crippen LogP contribution in [-0.4, -0.2) is 35.4 Å². The van der Waals surface area contributed by atoms with Crippen molar-refractivity contribution in [3.05, 3.63) is 93.3 Å². The van der Waals surface area contributed by atoms with Crippen molar-refractivity contribution < 1.29 is 18.8 Å². The predicted octanol–water partition coefficient (Wildman–Crippen LogP) is 3.51. The van der Waals surface area contributed by atoms with Gasteiger partial charge in [0.2, 0.25) is 5.95 Å². The Hall–Kier alpha value is -4.32. The van der Waals surface area contributed by atoms with Gasteiger partial charge in [-0.2, -0.15) is 5.10 Å². The van der Waals surface area contributed by atoms with E-state index in [9.17, 15) is 19.3 Å². The summed E-state index contributed by atoms with van der Waals surface area (Å²) in [5.41, 5.74) is 0.362. The average molecular weight is 472 g/mol. The monoisotopic (exact) mass is 471 g/mol. The number of hydrogen-bond acceptors (Lipinski definition) is 7. The number of aromatic nitrogens is 5. The zero-order valence-electron chi connectivity index (χ0n) is 16.8. The Morgan fingerprint density at radius 1 is 1.18 bits per heavy atom. The molecule has 2 heterocycles. The summed E-state index contributed by atoms with van der Waals surface area (Å²) < 4.78 is 22.0. The number of ether oxygens (including phenoxy) is 1. The highest BCUT2D eigenvalue weighted by Crippen LogP contribution is 2.28. The highest BCUT2D eigenvalue weighted by atomic mass is 35.5. The van der Waals surface area contributed by atoms with Crippen LogP contribution in [0.2, 0.25) is 5.02 Å². The molecule has 1 N–H and O–H groups in total. The number of anilines is 1. The van der Waals surface area contributed by atoms with Gasteiger partial charge in [-0.25, -0.2) is 18.7 Å². The summed E-state index contributed by atoms with van der Waals surface area (Å²) in [7, 11) is 0. The Morgan fingerprint density at radius 3 is 2.76 bits per heavy atom. The topological polar surface area (TPSA) is 130 Å². The van der Waals surface area contributed by atoms with E-state index < -0.39 is 10.8 Å². The van der Waals surface area contributed by atoms with Gasteiger partial charge in [0, 0.05) is 23.9 Å². The van der Waals surface area contributed by atoms with Crippen LogP contribution in [-0.2, 0) is 13.3 Å². The van der Waals surface area contributed by atoms with Crippen molar-refractivity contribution in [1.82, 2.24) is 24.5 Å². The maximum absolute atomic E-state index is 13.8. The number of benzene rings is 2. The smallest absolute Gasteiger partial charge is 0.278 e. The number of halogens is 2. The number of nitro groups is 1. The summed E-state index contributed by atoms with van der Waals surface area (Å²) in [6.07, 6.45) is 2.89. The lowest BCUT2D eigenvalue weighted by molar-refractivity contribution is -0.384. The molecule has 0 atom stereocenters. The molecule has 11 nitrogen and oxygen atoms in total. The second-order valence-corrected chi connectivity index (χ2v) is 7.10. The van der Waals surface area contributed by atoms with E-state index in [0.717, 1.165) is 0 Å². The molecular formula is C20H15ClFN7O4. The molecule has 0 aliphatic carbocycles. The largest absolute Gasteiger partial charge is 0.470 e. The maximum Gasteiger partial charge on any atom is 0.278 e. The number of nitro benzene ring substituents is 1. The number of carbonyl (C=O) groups is 1. The van der Waals surface area contributed by atoms with Gasteiger partial charge in [-0.3, -0.25) is 20.2 Å². The number of carbonyl (C=O) groups excluding carboxylic acids is 1. The van der Waals surface area contributed by atoms with Crippen LogP contribution in [0.15, 0.2) is 61.1 Å². The molecule has 0 aliphatic rings. The normalized spacial score (nSPS) is 10.7. The molecule has 1 amide bonds. The van der Waals surface area contributed by atoms with Gasteiger partial charge >= 0.3 is 0 Å². The van der Waals surface area contributed by atoms with Gasteiger partial charge in [0.25, 0.3) is 11.6 Å². The van der Waals surface area contributed by atoms with E-state index in [1.54, 1.807) is 18.2 Å². The molecule has 2 aromatic carbocycles. The fourth-order valence-electron chi connectivity index (χ4n) is 2.81. The number of amides is 1. The number of non-ortho nitro benzene ring substituents is 1. The van der Waals surface area contributed by atoms with Crippen molar-refractivity contribution in [2.75, 3.05) is 5.32 Å². The van der Waals surface area contributed by atoms with E-state index in [4.69, 9.17) is 16.3 Å². The van der Waals surface area contributed by atoms with Crippen LogP contribution < -0.4 is 10.1 Å². The summed E-state index contributed by atoms with van der Waals surface area (Å²) >= 11 is 5.99. The van der Waals surface area contributed by atoms with Crippen molar-refractivity contribution in [2.45, 2.75) is 13.3 Å². The predicted molar refractivity (Wildman–Crippen MR) is 114 cm³/mol. The van der Waals surface area contributed by atoms with Crippen LogP contribution in [0.3, 0.4) is 0 Å². The third-order valence-corrected chi connectivity index (χ3v) is 4.70. The van der Waals surface area contributed by atoms with Gasteiger partial charge in [-0.05, 0) is 18.2 Å². The fraction of sp³-hybridized carbons (Fsp3) is 0.100. The standard InChI is InChI=1S/C20H15ClFN7O4/c21-15-9-14(29(31)32)5-6-18(15)33-12-27-8-7-17(25-27)19(30)24-20-23-11-28(26-20)10-13-3-1-2-4-16(13)22/h1-9,11H,10,12H2,(H,24,26,30). The lowest BCUT2D eigenvalue weighted by Crippen LogP contribution is -2.15. The van der Waals surface area contributed by atoms with Gasteiger partial charge in [0.05, 0.1) is 16.5 Å². The van der Waals surface area contributed by atoms with Gasteiger partial charge in [0.15, 0.2) is 12.4 Å². The zero-order valence-corrected chi connectivity index (χ0v) is 17.5. The highest BCUT2D eigenvalue weighted by Gasteiger charge is 2.14. The third kappa shape index (κ3) is 5.30. The van der Waals surface area contributed by atoms with Crippen molar-refractivity contribution in [3.63, 3.8) is 0 Å². The number of nitrogens with one attached hydrogen (secondary N) is 1. The van der Waals surface area contributed by atoms with Crippen LogP contribution in [0.4, 0.5) is 16.0 Å². The molecule has 2 aromatic heterocycles. The molecule has 0 aliphatic heterocycles. The van der Waals surface area contributed by atoms with E-state index in [2.05, 4.69) is 20.5 Å². The summed E-state index contributed by atoms with van der Waals surface area (Å²) in [4.78, 5) is 26.6. The van der Waals surface area contributed by atoms with E-state index >= 15 is 0 Å². The molecule has 33 heavy (non-hydrogen) atoms. The molecule has 0 unspecified atom stereocenters. The first-order chi connectivity index (χ1) is 15.9. The van der Waals surface area contributed by atoms with Crippen LogP contribution in [0.25, 0.3) is 0 Å². The minimum atomic E-state index is -0.564. The molecule has 0 bridgehead atoms. The van der Waals surface area contributed by atoms with E-state index in [1.165, 1.54) is 52.2 Å². The Morgan fingerprint density at radius 2 is 2.00 bits per heavy atom. The quantitative estimate of drug-likeness (QED) is 0.307. The summed E-state index contributed by atoms with van der Waals surface area (Å²) in [5.74, 6) is -0.639. The zero-order chi connectivity index (χ0) is 23.4. The first-order valence-corrected chi connectivity index (χ1v) is 9.81. The molecule has 13 heteroatoms. The molecule has 0 saturated heterocycles. The Kier molecular flexibility index (Phi) is 6.26. The molecule has 168 valence electrons. The molecule has 0 radical (unpaired) electrons. The van der Waals surface area contributed by atoms with Crippen molar-refractivity contribution in [3.8, 4) is 5.75 Å². The first-order valence-electron chi connectivity index (χ1n) is 9.43. The summed E-state index contributed by atoms with van der Waals surface area (Å²) in [5, 5.41) is 21.6. The number of hydrogen-bond donors (Lipinski definition) is 1. The minimum Gasteiger partial charge on any atom is -0.470 e. The summed E-state index contributed by atoms with van der Waals surface area (Å²) in [6, 6.07) is 11.6. The maximum atomic E-state index is 13.8. The first kappa shape index (κ1) is 21.9. The molecule has 4 aromatic rings. The lowest BCUT2D eigenvalue weighted by Gasteiger charge is -2.07. The van der Waals surface area contributed by atoms with Crippen LogP contribution in [0, 0.1) is 15.9 Å². The molecule has 0 fully saturated rings. The SMILES string of the molecule is O=C(Nc1ncn(Cc2ccccc2F)n1)c1ccn(COc2ccc([N+](=O)[O-])cc2Cl)n1. The second kappa shape index (κ2) is 9.44. The highest BCUT2D eigenvalue weighted by molar-refractivity contribution is 6.32. The second-order valence-electron chi connectivity index (χ2n) is 6.70. The van der Waals surface area contributed by atoms with Crippen LogP contribution in [0.5, 0.6) is 5.75 Å². The number of rotatable bonds is 8. The van der Waals surface area contributed by atoms with Crippen molar-refractivity contribution >= 4 is 29.1 Å². The van der Waals surface area contributed by atoms with E-state index in [1.807, 2.05) is 0 Å². The van der Waals surface area contributed by atoms with Crippen LogP contribution in [0.1, 0.15) is 16.1 Å². The Balaban J connectivity index is 1.34. The van der Waals surface area contributed by atoms with Gasteiger partial charge in [-0.15, -0.1) is 5.10 Å². The van der Waals surface area contributed by atoms with Crippen LogP contribution >= 0.6 is 11.6 Å². The Bertz CT molecular complexity index is 1320. The molecule has 0 saturated carbocycles. The minimum absolute atomic E-state index is 0.0415. The lowest BCUT2D eigenvalue weighted by atomic mass is 10.2. The van der Waals surface area contributed by atoms with E-state index in [0.29, 0.717) is 5.56 Å². The van der Waals surface area contributed by atoms with Crippen molar-refractivity contribution in [2.24, 2.45) is 0 Å². The van der Waals surface area contributed by atoms with Gasteiger partial charge in [0.1, 0.15) is 17.9 Å². The average Bonchev–Trinajstić information content (AvgIpc) is 3.44. The Labute approximate surface area is 190 Å². The summed E-state index contributed by atoms with van der Waals surface area (Å²) in [6.45, 7) is 0.0764. The van der Waals surface area contributed by atoms with E-state index in [-0.39, 0.29) is 47.2 Å².